The van der Waals surface area contributed by atoms with Crippen LogP contribution in [-0.4, -0.2) is 149 Å². The third kappa shape index (κ3) is 15.9. The van der Waals surface area contributed by atoms with Gasteiger partial charge in [-0.05, 0) is 107 Å². The first kappa shape index (κ1) is 58.5. The fourth-order valence-corrected chi connectivity index (χ4v) is 10.4. The average molecular weight is 987 g/mol. The van der Waals surface area contributed by atoms with Crippen molar-refractivity contribution < 1.29 is 72.9 Å². The van der Waals surface area contributed by atoms with E-state index < -0.39 is 96.4 Å². The minimum atomic E-state index is -2.46. The van der Waals surface area contributed by atoms with Crippen molar-refractivity contribution in [2.24, 2.45) is 40.7 Å². The predicted molar refractivity (Wildman–Crippen MR) is 261 cm³/mol. The molecule has 4 N–H and O–H groups in total. The molecule has 0 aromatic carbocycles. The molecule has 1 saturated carbocycles. The number of ether oxygens (including phenoxy) is 5. The molecule has 4 aliphatic rings. The number of amides is 1. The molecule has 70 heavy (non-hydrogen) atoms. The lowest BCUT2D eigenvalue weighted by Gasteiger charge is -2.42. The molecule has 3 aliphatic heterocycles. The summed E-state index contributed by atoms with van der Waals surface area (Å²) in [6, 6.07) is -1.18. The number of esters is 1. The van der Waals surface area contributed by atoms with E-state index in [4.69, 9.17) is 28.5 Å². The molecule has 394 valence electrons. The van der Waals surface area contributed by atoms with E-state index in [1.165, 1.54) is 12.0 Å². The standard InChI is InChI=1S/C53H82N2O15/c1-31-16-12-11-13-17-32(2)43(65-8)28-39-21-19-37(7)53(64,70-39)50(61)51(62)55-23-15-14-18-41(55)52(63)69-44(34(4)26-38-20-22-42(56)45(27-38)66-9)29-40(54-68-30-46(57)58)33(3)25-36(6)48(60)49(67-10)47(59)35(5)24-31/h11-13,16-17,25,31,33-35,37-39,41-45,48-49,56,60,64H,14-15,18-24,26-30H2,1-10H3,(H,57,58)/b13-11?,16-12+,32-17?,36-25+,54-40-/t31-,33-,34-,35-,37-,38+,39+,41+,42-,43+,44+,45-,48-,49+,53-/m1/s1. The SMILES string of the molecule is CO[C@H]1C[C@@H]2CC[C@@H](C)[C@@](O)(O2)C(=O)C(=O)N2CCCC[C@H]2C(=O)O[C@H]([C@H](C)C[C@@H]2CC[C@@H](O)[C@H](OC)C2)C/C(=N/OCC(=O)O)[C@H](C)/C=C(\C)[C@@H](O)[C@@H](OC)C(=O)[C@H](C)C[C@H](C)/C=C/C=CC=C1C. The topological polar surface area (TPSA) is 237 Å². The van der Waals surface area contributed by atoms with Crippen molar-refractivity contribution in [3.63, 3.8) is 0 Å². The molecule has 1 aliphatic carbocycles. The maximum absolute atomic E-state index is 14.6. The Kier molecular flexibility index (Phi) is 23.1. The number of ketones is 2. The number of carbonyl (C=O) groups excluding carboxylic acids is 4. The van der Waals surface area contributed by atoms with Gasteiger partial charge in [0.05, 0.1) is 30.1 Å². The lowest BCUT2D eigenvalue weighted by Crippen LogP contribution is -2.61. The van der Waals surface area contributed by atoms with Gasteiger partial charge in [-0.15, -0.1) is 0 Å². The Labute approximate surface area is 414 Å². The van der Waals surface area contributed by atoms with Gasteiger partial charge in [0.15, 0.2) is 5.78 Å². The van der Waals surface area contributed by atoms with Crippen LogP contribution < -0.4 is 0 Å². The molecule has 17 heteroatoms. The van der Waals surface area contributed by atoms with Gasteiger partial charge in [-0.3, -0.25) is 14.4 Å². The molecule has 4 rings (SSSR count). The van der Waals surface area contributed by atoms with Crippen LogP contribution >= 0.6 is 0 Å². The predicted octanol–water partition coefficient (Wildman–Crippen LogP) is 6.07. The van der Waals surface area contributed by atoms with E-state index >= 15 is 0 Å². The number of hydrogen-bond donors (Lipinski definition) is 4. The normalized spacial score (nSPS) is 37.6. The van der Waals surface area contributed by atoms with Gasteiger partial charge >= 0.3 is 11.9 Å². The number of aliphatic carboxylic acids is 1. The van der Waals surface area contributed by atoms with Crippen LogP contribution in [0.1, 0.15) is 126 Å². The number of aliphatic hydroxyl groups excluding tert-OH is 2. The number of Topliss-reactive ketones (excluding diaryl/α,β-unsaturated/α-hetero) is 2. The molecule has 3 heterocycles. The van der Waals surface area contributed by atoms with Gasteiger partial charge in [0, 0.05) is 58.5 Å². The van der Waals surface area contributed by atoms with Gasteiger partial charge in [-0.1, -0.05) is 76.2 Å². The first-order chi connectivity index (χ1) is 33.1. The summed E-state index contributed by atoms with van der Waals surface area (Å²) in [5.41, 5.74) is 1.52. The smallest absolute Gasteiger partial charge is 0.344 e. The Morgan fingerprint density at radius 1 is 0.900 bits per heavy atom. The monoisotopic (exact) mass is 987 g/mol. The summed E-state index contributed by atoms with van der Waals surface area (Å²) in [4.78, 5) is 75.3. The number of allylic oxidation sites excluding steroid dienone is 6. The minimum absolute atomic E-state index is 0.0113. The number of carboxylic acid groups (broad SMARTS) is 1. The van der Waals surface area contributed by atoms with E-state index in [0.717, 1.165) is 5.57 Å². The van der Waals surface area contributed by atoms with Gasteiger partial charge in [-0.2, -0.15) is 0 Å². The molecule has 0 aromatic heterocycles. The van der Waals surface area contributed by atoms with Crippen LogP contribution in [0.2, 0.25) is 0 Å². The molecular weight excluding hydrogens is 905 g/mol. The van der Waals surface area contributed by atoms with Crippen molar-refractivity contribution in [2.45, 2.75) is 180 Å². The quantitative estimate of drug-likeness (QED) is 0.0888. The van der Waals surface area contributed by atoms with Crippen molar-refractivity contribution in [3.05, 3.63) is 47.6 Å². The molecular formula is C53H82N2O15. The van der Waals surface area contributed by atoms with Gasteiger partial charge in [0.25, 0.3) is 11.7 Å². The van der Waals surface area contributed by atoms with E-state index in [-0.39, 0.29) is 54.7 Å². The molecule has 3 fully saturated rings. The zero-order valence-electron chi connectivity index (χ0n) is 43.1. The third-order valence-corrected chi connectivity index (χ3v) is 14.9. The fraction of sp³-hybridized carbons (Fsp3) is 0.736. The lowest BCUT2D eigenvalue weighted by molar-refractivity contribution is -0.265. The molecule has 17 nitrogen and oxygen atoms in total. The van der Waals surface area contributed by atoms with Crippen LogP contribution in [0.25, 0.3) is 0 Å². The Morgan fingerprint density at radius 3 is 2.30 bits per heavy atom. The fourth-order valence-electron chi connectivity index (χ4n) is 10.4. The van der Waals surface area contributed by atoms with Gasteiger partial charge < -0.3 is 53.8 Å². The average Bonchev–Trinajstić information content (AvgIpc) is 3.33. The highest BCUT2D eigenvalue weighted by atomic mass is 16.6. The highest BCUT2D eigenvalue weighted by Gasteiger charge is 2.53. The van der Waals surface area contributed by atoms with Crippen LogP contribution in [0.15, 0.2) is 52.8 Å². The Bertz CT molecular complexity index is 1930. The summed E-state index contributed by atoms with van der Waals surface area (Å²) in [7, 11) is 4.49. The van der Waals surface area contributed by atoms with Crippen molar-refractivity contribution in [2.75, 3.05) is 34.5 Å². The number of methoxy groups -OCH3 is 3. The first-order valence-corrected chi connectivity index (χ1v) is 25.2. The van der Waals surface area contributed by atoms with Crippen molar-refractivity contribution >= 4 is 35.1 Å². The van der Waals surface area contributed by atoms with Crippen LogP contribution in [0.3, 0.4) is 0 Å². The second kappa shape index (κ2) is 27.6. The zero-order valence-corrected chi connectivity index (χ0v) is 43.1. The highest BCUT2D eigenvalue weighted by Crippen LogP contribution is 2.38. The number of oxime groups is 1. The second-order valence-electron chi connectivity index (χ2n) is 20.4. The van der Waals surface area contributed by atoms with Gasteiger partial charge in [-0.25, -0.2) is 9.59 Å². The van der Waals surface area contributed by atoms with E-state index in [2.05, 4.69) is 5.16 Å². The van der Waals surface area contributed by atoms with Crippen molar-refractivity contribution in [1.82, 2.24) is 4.90 Å². The maximum atomic E-state index is 14.6. The summed E-state index contributed by atoms with van der Waals surface area (Å²) in [5.74, 6) is -9.18. The first-order valence-electron chi connectivity index (χ1n) is 25.2. The number of cyclic esters (lactones) is 1. The lowest BCUT2D eigenvalue weighted by atomic mass is 9.78. The summed E-state index contributed by atoms with van der Waals surface area (Å²) in [5, 5.41) is 47.9. The number of piperidine rings is 1. The summed E-state index contributed by atoms with van der Waals surface area (Å²) in [6.45, 7) is 12.0. The highest BCUT2D eigenvalue weighted by molar-refractivity contribution is 6.39. The van der Waals surface area contributed by atoms with E-state index in [1.807, 2.05) is 51.2 Å². The molecule has 0 spiro atoms. The molecule has 0 radical (unpaired) electrons. The number of rotatable bonds is 9. The van der Waals surface area contributed by atoms with Crippen LogP contribution in [0.5, 0.6) is 0 Å². The van der Waals surface area contributed by atoms with Crippen LogP contribution in [0, 0.1) is 35.5 Å². The largest absolute Gasteiger partial charge is 0.479 e. The number of carbonyl (C=O) groups is 5. The summed E-state index contributed by atoms with van der Waals surface area (Å²) in [6.07, 6.45) is 10.8. The summed E-state index contributed by atoms with van der Waals surface area (Å²) < 4.78 is 29.6. The Morgan fingerprint density at radius 2 is 1.63 bits per heavy atom. The van der Waals surface area contributed by atoms with E-state index in [1.54, 1.807) is 48.0 Å². The van der Waals surface area contributed by atoms with Gasteiger partial charge in [0.2, 0.25) is 12.4 Å². The molecule has 2 bridgehead atoms. The number of fused-ring (bicyclic) bond motifs is 3. The maximum Gasteiger partial charge on any atom is 0.344 e. The summed E-state index contributed by atoms with van der Waals surface area (Å²) >= 11 is 0. The molecule has 0 aromatic rings. The van der Waals surface area contributed by atoms with Crippen LogP contribution in [0.4, 0.5) is 0 Å². The third-order valence-electron chi connectivity index (χ3n) is 14.9. The minimum Gasteiger partial charge on any atom is -0.479 e. The Balaban J connectivity index is 1.79. The molecule has 2 saturated heterocycles. The van der Waals surface area contributed by atoms with Gasteiger partial charge in [0.1, 0.15) is 24.4 Å². The van der Waals surface area contributed by atoms with Crippen molar-refractivity contribution in [3.8, 4) is 0 Å². The molecule has 1 amide bonds. The van der Waals surface area contributed by atoms with E-state index in [9.17, 15) is 44.4 Å². The number of nitrogens with zero attached hydrogens (tertiary/aromatic N) is 2. The molecule has 0 unspecified atom stereocenters. The second-order valence-corrected chi connectivity index (χ2v) is 20.4. The number of hydrogen-bond acceptors (Lipinski definition) is 15. The number of aliphatic hydroxyl groups is 3. The Hall–Kier alpha value is -4.10. The van der Waals surface area contributed by atoms with Crippen LogP contribution in [-0.2, 0) is 52.5 Å². The number of carboxylic acids is 1. The molecule has 15 atom stereocenters. The van der Waals surface area contributed by atoms with E-state index in [0.29, 0.717) is 69.8 Å². The van der Waals surface area contributed by atoms with Crippen molar-refractivity contribution in [1.29, 1.82) is 0 Å². The zero-order chi connectivity index (χ0) is 51.9.